The predicted molar refractivity (Wildman–Crippen MR) is 92.3 cm³/mol. The standard InChI is InChI=1S/C17H27N5O2/c1-3-21-17(16(22(23)24)12(2)18-21)20-8-6-19(7-9-20)15-11-13-4-5-14(15)10-13/h13-15H,3-11H2,1-2H3. The first-order chi connectivity index (χ1) is 11.6. The van der Waals surface area contributed by atoms with Gasteiger partial charge in [0.05, 0.1) is 4.92 Å². The summed E-state index contributed by atoms with van der Waals surface area (Å²) in [6.07, 6.45) is 5.64. The van der Waals surface area contributed by atoms with E-state index in [9.17, 15) is 10.1 Å². The van der Waals surface area contributed by atoms with Crippen LogP contribution in [-0.2, 0) is 6.54 Å². The molecule has 1 aromatic rings. The van der Waals surface area contributed by atoms with Crippen molar-refractivity contribution in [3.05, 3.63) is 15.8 Å². The van der Waals surface area contributed by atoms with E-state index in [-0.39, 0.29) is 10.6 Å². The maximum atomic E-state index is 11.5. The van der Waals surface area contributed by atoms with Gasteiger partial charge in [0.25, 0.3) is 0 Å². The maximum absolute atomic E-state index is 11.5. The van der Waals surface area contributed by atoms with Crippen LogP contribution in [0.2, 0.25) is 0 Å². The fraction of sp³-hybridized carbons (Fsp3) is 0.824. The first-order valence-corrected chi connectivity index (χ1v) is 9.29. The number of fused-ring (bicyclic) bond motifs is 2. The number of nitrogens with zero attached hydrogens (tertiary/aromatic N) is 5. The van der Waals surface area contributed by atoms with E-state index in [2.05, 4.69) is 14.9 Å². The van der Waals surface area contributed by atoms with Gasteiger partial charge in [-0.15, -0.1) is 0 Å². The van der Waals surface area contributed by atoms with Crippen molar-refractivity contribution in [1.82, 2.24) is 14.7 Å². The summed E-state index contributed by atoms with van der Waals surface area (Å²) in [5.41, 5.74) is 0.706. The molecule has 4 rings (SSSR count). The SMILES string of the molecule is CCn1nc(C)c([N+](=O)[O-])c1N1CCN(C2CC3CCC2C3)CC1. The molecule has 0 aromatic carbocycles. The molecule has 2 bridgehead atoms. The normalized spacial score (nSPS) is 30.2. The molecule has 24 heavy (non-hydrogen) atoms. The highest BCUT2D eigenvalue weighted by Gasteiger charge is 2.43. The minimum Gasteiger partial charge on any atom is -0.349 e. The Labute approximate surface area is 142 Å². The van der Waals surface area contributed by atoms with Gasteiger partial charge in [-0.3, -0.25) is 15.0 Å². The van der Waals surface area contributed by atoms with Crippen molar-refractivity contribution >= 4 is 11.5 Å². The fourth-order valence-corrected chi connectivity index (χ4v) is 5.23. The van der Waals surface area contributed by atoms with Gasteiger partial charge in [-0.25, -0.2) is 4.68 Å². The van der Waals surface area contributed by atoms with Crippen LogP contribution in [0.3, 0.4) is 0 Å². The van der Waals surface area contributed by atoms with Crippen molar-refractivity contribution in [3.63, 3.8) is 0 Å². The van der Waals surface area contributed by atoms with Crippen LogP contribution >= 0.6 is 0 Å². The van der Waals surface area contributed by atoms with E-state index >= 15 is 0 Å². The lowest BCUT2D eigenvalue weighted by molar-refractivity contribution is -0.384. The van der Waals surface area contributed by atoms with Crippen molar-refractivity contribution in [2.45, 2.75) is 52.1 Å². The Morgan fingerprint density at radius 3 is 2.50 bits per heavy atom. The van der Waals surface area contributed by atoms with Crippen LogP contribution in [0, 0.1) is 28.9 Å². The second-order valence-electron chi connectivity index (χ2n) is 7.60. The monoisotopic (exact) mass is 333 g/mol. The lowest BCUT2D eigenvalue weighted by atomic mass is 9.93. The van der Waals surface area contributed by atoms with Gasteiger partial charge in [-0.1, -0.05) is 6.42 Å². The molecule has 3 atom stereocenters. The van der Waals surface area contributed by atoms with Gasteiger partial charge < -0.3 is 4.90 Å². The number of piperazine rings is 1. The molecule has 7 nitrogen and oxygen atoms in total. The van der Waals surface area contributed by atoms with Crippen molar-refractivity contribution in [2.24, 2.45) is 11.8 Å². The molecule has 3 aliphatic rings. The molecule has 0 amide bonds. The number of hydrogen-bond acceptors (Lipinski definition) is 5. The Morgan fingerprint density at radius 2 is 1.96 bits per heavy atom. The molecule has 7 heteroatoms. The summed E-state index contributed by atoms with van der Waals surface area (Å²) in [5.74, 6) is 2.56. The quantitative estimate of drug-likeness (QED) is 0.625. The second kappa shape index (κ2) is 6.02. The van der Waals surface area contributed by atoms with Crippen molar-refractivity contribution in [3.8, 4) is 0 Å². The number of rotatable bonds is 4. The first-order valence-electron chi connectivity index (χ1n) is 9.29. The average molecular weight is 333 g/mol. The molecule has 3 fully saturated rings. The van der Waals surface area contributed by atoms with Crippen LogP contribution in [0.15, 0.2) is 0 Å². The fourth-order valence-electron chi connectivity index (χ4n) is 5.23. The first kappa shape index (κ1) is 15.9. The van der Waals surface area contributed by atoms with Gasteiger partial charge in [0.15, 0.2) is 0 Å². The molecular formula is C17H27N5O2. The van der Waals surface area contributed by atoms with Gasteiger partial charge in [0.1, 0.15) is 5.69 Å². The van der Waals surface area contributed by atoms with Crippen LogP contribution < -0.4 is 4.90 Å². The Hall–Kier alpha value is -1.63. The van der Waals surface area contributed by atoms with E-state index in [1.54, 1.807) is 11.6 Å². The van der Waals surface area contributed by atoms with Crippen LogP contribution in [0.1, 0.15) is 38.3 Å². The van der Waals surface area contributed by atoms with Gasteiger partial charge >= 0.3 is 5.69 Å². The molecule has 132 valence electrons. The minimum atomic E-state index is -0.272. The predicted octanol–water partition coefficient (Wildman–Crippen LogP) is 2.43. The van der Waals surface area contributed by atoms with Crippen LogP contribution in [-0.4, -0.2) is 51.8 Å². The van der Waals surface area contributed by atoms with Gasteiger partial charge in [-0.05, 0) is 44.9 Å². The summed E-state index contributed by atoms with van der Waals surface area (Å²) >= 11 is 0. The molecule has 0 N–H and O–H groups in total. The summed E-state index contributed by atoms with van der Waals surface area (Å²) in [7, 11) is 0. The van der Waals surface area contributed by atoms with Gasteiger partial charge in [0, 0.05) is 38.8 Å². The Balaban J connectivity index is 1.49. The van der Waals surface area contributed by atoms with Crippen molar-refractivity contribution < 1.29 is 4.92 Å². The highest BCUT2D eigenvalue weighted by Crippen LogP contribution is 2.47. The zero-order valence-corrected chi connectivity index (χ0v) is 14.6. The lowest BCUT2D eigenvalue weighted by Crippen LogP contribution is -2.52. The number of aryl methyl sites for hydroxylation is 2. The molecule has 1 aliphatic heterocycles. The Bertz CT molecular complexity index is 635. The number of nitro groups is 1. The summed E-state index contributed by atoms with van der Waals surface area (Å²) < 4.78 is 1.79. The van der Waals surface area contributed by atoms with E-state index in [1.807, 2.05) is 6.92 Å². The average Bonchev–Trinajstić information content (AvgIpc) is 3.28. The van der Waals surface area contributed by atoms with Gasteiger partial charge in [0.2, 0.25) is 5.82 Å². The Morgan fingerprint density at radius 1 is 1.21 bits per heavy atom. The van der Waals surface area contributed by atoms with Crippen molar-refractivity contribution in [2.75, 3.05) is 31.1 Å². The van der Waals surface area contributed by atoms with Crippen LogP contribution in [0.5, 0.6) is 0 Å². The zero-order chi connectivity index (χ0) is 16.8. The van der Waals surface area contributed by atoms with Gasteiger partial charge in [-0.2, -0.15) is 5.10 Å². The second-order valence-corrected chi connectivity index (χ2v) is 7.60. The van der Waals surface area contributed by atoms with E-state index in [1.165, 1.54) is 25.7 Å². The number of hydrogen-bond donors (Lipinski definition) is 0. The molecule has 2 saturated carbocycles. The number of aromatic nitrogens is 2. The molecule has 0 radical (unpaired) electrons. The smallest absolute Gasteiger partial charge is 0.333 e. The lowest BCUT2D eigenvalue weighted by Gasteiger charge is -2.41. The zero-order valence-electron chi connectivity index (χ0n) is 14.6. The molecule has 2 aliphatic carbocycles. The molecule has 1 aromatic heterocycles. The van der Waals surface area contributed by atoms with Crippen LogP contribution in [0.25, 0.3) is 0 Å². The largest absolute Gasteiger partial charge is 0.349 e. The highest BCUT2D eigenvalue weighted by molar-refractivity contribution is 5.61. The molecule has 2 heterocycles. The van der Waals surface area contributed by atoms with E-state index in [4.69, 9.17) is 0 Å². The molecule has 3 unspecified atom stereocenters. The van der Waals surface area contributed by atoms with E-state index in [0.29, 0.717) is 18.1 Å². The third kappa shape index (κ3) is 2.49. The Kier molecular flexibility index (Phi) is 3.98. The summed E-state index contributed by atoms with van der Waals surface area (Å²) in [6.45, 7) is 8.14. The van der Waals surface area contributed by atoms with E-state index < -0.39 is 0 Å². The third-order valence-electron chi connectivity index (χ3n) is 6.34. The molecular weight excluding hydrogens is 306 g/mol. The number of anilines is 1. The molecule has 1 saturated heterocycles. The minimum absolute atomic E-state index is 0.185. The summed E-state index contributed by atoms with van der Waals surface area (Å²) in [4.78, 5) is 16.0. The third-order valence-corrected chi connectivity index (χ3v) is 6.34. The summed E-state index contributed by atoms with van der Waals surface area (Å²) in [5, 5.41) is 15.9. The van der Waals surface area contributed by atoms with Crippen LogP contribution in [0.4, 0.5) is 11.5 Å². The summed E-state index contributed by atoms with van der Waals surface area (Å²) in [6, 6.07) is 0.763. The van der Waals surface area contributed by atoms with E-state index in [0.717, 1.165) is 44.1 Å². The topological polar surface area (TPSA) is 67.4 Å². The van der Waals surface area contributed by atoms with Crippen molar-refractivity contribution in [1.29, 1.82) is 0 Å². The maximum Gasteiger partial charge on any atom is 0.333 e. The molecule has 0 spiro atoms. The highest BCUT2D eigenvalue weighted by atomic mass is 16.6.